The first kappa shape index (κ1) is 14.4. The van der Waals surface area contributed by atoms with Crippen LogP contribution in [-0.4, -0.2) is 28.8 Å². The molecule has 0 saturated carbocycles. The molecule has 0 aliphatic carbocycles. The number of anilines is 1. The van der Waals surface area contributed by atoms with Crippen LogP contribution in [0.5, 0.6) is 5.75 Å². The highest BCUT2D eigenvalue weighted by Crippen LogP contribution is 2.43. The molecular weight excluding hydrogens is 312 g/mol. The molecule has 0 bridgehead atoms. The molecule has 0 amide bonds. The Morgan fingerprint density at radius 1 is 1.20 bits per heavy atom. The average Bonchev–Trinajstić information content (AvgIpc) is 3.36. The van der Waals surface area contributed by atoms with Crippen LogP contribution in [0.1, 0.15) is 24.6 Å². The van der Waals surface area contributed by atoms with E-state index in [0.29, 0.717) is 0 Å². The Hall–Kier alpha value is -2.95. The smallest absolute Gasteiger partial charge is 0.132 e. The van der Waals surface area contributed by atoms with Gasteiger partial charge in [0, 0.05) is 35.6 Å². The monoisotopic (exact) mass is 332 g/mol. The third-order valence-corrected chi connectivity index (χ3v) is 5.16. The van der Waals surface area contributed by atoms with Crippen molar-refractivity contribution in [2.75, 3.05) is 18.6 Å². The van der Waals surface area contributed by atoms with Crippen molar-refractivity contribution in [3.05, 3.63) is 66.1 Å². The Morgan fingerprint density at radius 2 is 2.16 bits per heavy atom. The number of hydrogen-bond donors (Lipinski definition) is 1. The molecule has 1 saturated heterocycles. The zero-order valence-corrected chi connectivity index (χ0v) is 14.1. The summed E-state index contributed by atoms with van der Waals surface area (Å²) in [7, 11) is 1.71. The second kappa shape index (κ2) is 5.55. The van der Waals surface area contributed by atoms with Crippen LogP contribution in [0.3, 0.4) is 0 Å². The molecule has 25 heavy (non-hydrogen) atoms. The highest BCUT2D eigenvalue weighted by Gasteiger charge is 2.36. The van der Waals surface area contributed by atoms with Crippen molar-refractivity contribution >= 4 is 16.6 Å². The standard InChI is InChI=1S/C20H20N4O/c1-25-18-6-2-4-16(11-18)24-13-17-5-3-9-23(17)20(24)14-7-8-15-12-21-22-19(15)10-14/h2,4,6-8,10-13,20H,3,5,9H2,1H3,(H,21,22). The molecule has 0 radical (unpaired) electrons. The predicted octanol–water partition coefficient (Wildman–Crippen LogP) is 4.03. The lowest BCUT2D eigenvalue weighted by molar-refractivity contribution is 0.319. The number of H-pyrrole nitrogens is 1. The number of allylic oxidation sites excluding steroid dienone is 1. The van der Waals surface area contributed by atoms with Gasteiger partial charge in [0.05, 0.1) is 18.8 Å². The van der Waals surface area contributed by atoms with E-state index in [-0.39, 0.29) is 6.17 Å². The molecule has 1 atom stereocenters. The zero-order chi connectivity index (χ0) is 16.8. The van der Waals surface area contributed by atoms with Crippen molar-refractivity contribution < 1.29 is 4.74 Å². The molecule has 3 aromatic rings. The Kier molecular flexibility index (Phi) is 3.20. The van der Waals surface area contributed by atoms with Gasteiger partial charge in [0.2, 0.25) is 0 Å². The lowest BCUT2D eigenvalue weighted by Gasteiger charge is -2.32. The molecule has 3 heterocycles. The minimum atomic E-state index is 0.178. The molecule has 1 unspecified atom stereocenters. The van der Waals surface area contributed by atoms with Crippen molar-refractivity contribution in [1.82, 2.24) is 15.1 Å². The lowest BCUT2D eigenvalue weighted by Crippen LogP contribution is -2.30. The van der Waals surface area contributed by atoms with Crippen molar-refractivity contribution in [3.8, 4) is 5.75 Å². The summed E-state index contributed by atoms with van der Waals surface area (Å²) >= 11 is 0. The van der Waals surface area contributed by atoms with Gasteiger partial charge in [0.25, 0.3) is 0 Å². The first-order valence-corrected chi connectivity index (χ1v) is 8.66. The molecular formula is C20H20N4O. The van der Waals surface area contributed by atoms with Gasteiger partial charge >= 0.3 is 0 Å². The minimum Gasteiger partial charge on any atom is -0.497 e. The van der Waals surface area contributed by atoms with Crippen molar-refractivity contribution in [3.63, 3.8) is 0 Å². The molecule has 2 aromatic carbocycles. The molecule has 5 nitrogen and oxygen atoms in total. The maximum atomic E-state index is 5.42. The van der Waals surface area contributed by atoms with Gasteiger partial charge < -0.3 is 14.5 Å². The molecule has 2 aliphatic rings. The Bertz CT molecular complexity index is 961. The predicted molar refractivity (Wildman–Crippen MR) is 98.3 cm³/mol. The van der Waals surface area contributed by atoms with Gasteiger partial charge in [0.1, 0.15) is 11.9 Å². The van der Waals surface area contributed by atoms with Crippen LogP contribution in [0.15, 0.2) is 60.6 Å². The van der Waals surface area contributed by atoms with E-state index in [2.05, 4.69) is 56.5 Å². The van der Waals surface area contributed by atoms with E-state index in [0.717, 1.165) is 35.3 Å². The van der Waals surface area contributed by atoms with Gasteiger partial charge in [-0.05, 0) is 36.6 Å². The molecule has 0 spiro atoms. The fraction of sp³-hybridized carbons (Fsp3) is 0.250. The van der Waals surface area contributed by atoms with Crippen LogP contribution >= 0.6 is 0 Å². The first-order valence-electron chi connectivity index (χ1n) is 8.66. The second-order valence-electron chi connectivity index (χ2n) is 6.62. The topological polar surface area (TPSA) is 44.4 Å². The summed E-state index contributed by atoms with van der Waals surface area (Å²) in [6.45, 7) is 1.10. The van der Waals surface area contributed by atoms with Crippen LogP contribution in [0.2, 0.25) is 0 Å². The van der Waals surface area contributed by atoms with Crippen LogP contribution in [0, 0.1) is 0 Å². The number of aromatic nitrogens is 2. The van der Waals surface area contributed by atoms with Gasteiger partial charge in [-0.3, -0.25) is 5.10 Å². The maximum absolute atomic E-state index is 5.42. The van der Waals surface area contributed by atoms with E-state index in [4.69, 9.17) is 4.74 Å². The van der Waals surface area contributed by atoms with Gasteiger partial charge in [-0.2, -0.15) is 5.10 Å². The first-order chi connectivity index (χ1) is 12.3. The molecule has 1 N–H and O–H groups in total. The summed E-state index contributed by atoms with van der Waals surface area (Å²) in [5.74, 6) is 0.880. The maximum Gasteiger partial charge on any atom is 0.132 e. The Morgan fingerprint density at radius 3 is 3.08 bits per heavy atom. The van der Waals surface area contributed by atoms with E-state index < -0.39 is 0 Å². The SMILES string of the molecule is COc1cccc(N2C=C3CCCN3C2c2ccc3cn[nH]c3c2)c1. The molecule has 2 aliphatic heterocycles. The van der Waals surface area contributed by atoms with Crippen LogP contribution in [0.25, 0.3) is 10.9 Å². The Balaban J connectivity index is 1.61. The number of rotatable bonds is 3. The lowest BCUT2D eigenvalue weighted by atomic mass is 10.1. The number of nitrogens with one attached hydrogen (secondary N) is 1. The van der Waals surface area contributed by atoms with E-state index in [1.165, 1.54) is 17.7 Å². The number of nitrogens with zero attached hydrogens (tertiary/aromatic N) is 3. The number of benzene rings is 2. The van der Waals surface area contributed by atoms with Gasteiger partial charge in [-0.15, -0.1) is 0 Å². The van der Waals surface area contributed by atoms with Gasteiger partial charge in [0.15, 0.2) is 0 Å². The summed E-state index contributed by atoms with van der Waals surface area (Å²) in [5, 5.41) is 8.39. The van der Waals surface area contributed by atoms with Crippen molar-refractivity contribution in [1.29, 1.82) is 0 Å². The number of methoxy groups -OCH3 is 1. The van der Waals surface area contributed by atoms with Crippen LogP contribution in [-0.2, 0) is 0 Å². The summed E-state index contributed by atoms with van der Waals surface area (Å²) < 4.78 is 5.42. The van der Waals surface area contributed by atoms with E-state index in [1.807, 2.05) is 18.3 Å². The summed E-state index contributed by atoms with van der Waals surface area (Å²) in [6, 6.07) is 14.8. The minimum absolute atomic E-state index is 0.178. The highest BCUT2D eigenvalue weighted by atomic mass is 16.5. The van der Waals surface area contributed by atoms with E-state index in [9.17, 15) is 0 Å². The molecule has 126 valence electrons. The largest absolute Gasteiger partial charge is 0.497 e. The van der Waals surface area contributed by atoms with Gasteiger partial charge in [-0.1, -0.05) is 18.2 Å². The molecule has 5 rings (SSSR count). The van der Waals surface area contributed by atoms with E-state index >= 15 is 0 Å². The molecule has 1 fully saturated rings. The third kappa shape index (κ3) is 2.27. The quantitative estimate of drug-likeness (QED) is 0.786. The fourth-order valence-corrected chi connectivity index (χ4v) is 3.96. The number of fused-ring (bicyclic) bond motifs is 2. The highest BCUT2D eigenvalue weighted by molar-refractivity contribution is 5.79. The van der Waals surface area contributed by atoms with E-state index in [1.54, 1.807) is 7.11 Å². The van der Waals surface area contributed by atoms with Crippen molar-refractivity contribution in [2.45, 2.75) is 19.0 Å². The molecule has 5 heteroatoms. The van der Waals surface area contributed by atoms with Crippen molar-refractivity contribution in [2.24, 2.45) is 0 Å². The summed E-state index contributed by atoms with van der Waals surface area (Å²) in [4.78, 5) is 4.87. The Labute approximate surface area is 146 Å². The summed E-state index contributed by atoms with van der Waals surface area (Å²) in [6.07, 6.45) is 6.71. The third-order valence-electron chi connectivity index (χ3n) is 5.16. The number of aromatic amines is 1. The van der Waals surface area contributed by atoms with Crippen LogP contribution < -0.4 is 9.64 Å². The van der Waals surface area contributed by atoms with Gasteiger partial charge in [-0.25, -0.2) is 0 Å². The number of hydrogen-bond acceptors (Lipinski definition) is 4. The zero-order valence-electron chi connectivity index (χ0n) is 14.1. The second-order valence-corrected chi connectivity index (χ2v) is 6.62. The summed E-state index contributed by atoms with van der Waals surface area (Å²) in [5.41, 5.74) is 4.91. The average molecular weight is 332 g/mol. The fourth-order valence-electron chi connectivity index (χ4n) is 3.96. The van der Waals surface area contributed by atoms with Crippen LogP contribution in [0.4, 0.5) is 5.69 Å². The number of ether oxygens (including phenoxy) is 1. The molecule has 1 aromatic heterocycles. The normalized spacial score (nSPS) is 19.4.